The second-order valence-corrected chi connectivity index (χ2v) is 6.12. The fourth-order valence-electron chi connectivity index (χ4n) is 3.39. The number of carboxylic acids is 1. The summed E-state index contributed by atoms with van der Waals surface area (Å²) < 4.78 is 8.49. The molecule has 104 valence electrons. The van der Waals surface area contributed by atoms with Gasteiger partial charge in [-0.3, -0.25) is 0 Å². The molecule has 3 atom stereocenters. The number of piperidine rings is 1. The maximum absolute atomic E-state index is 10.8. The van der Waals surface area contributed by atoms with Gasteiger partial charge < -0.3 is 19.7 Å². The summed E-state index contributed by atoms with van der Waals surface area (Å²) >= 11 is 3.37. The summed E-state index contributed by atoms with van der Waals surface area (Å²) in [4.78, 5) is 15.3. The van der Waals surface area contributed by atoms with Gasteiger partial charge in [-0.05, 0) is 28.8 Å². The summed E-state index contributed by atoms with van der Waals surface area (Å²) in [5, 5.41) is 12.3. The quantitative estimate of drug-likeness (QED) is 0.856. The molecule has 3 rings (SSSR count). The van der Waals surface area contributed by atoms with Crippen LogP contribution in [0.15, 0.2) is 10.8 Å². The third kappa shape index (κ3) is 2.09. The van der Waals surface area contributed by atoms with Gasteiger partial charge in [0.15, 0.2) is 0 Å². The molecular weight excluding hydrogens is 314 g/mol. The molecule has 2 heterocycles. The molecule has 6 nitrogen and oxygen atoms in total. The van der Waals surface area contributed by atoms with Crippen molar-refractivity contribution < 1.29 is 14.6 Å². The number of carbonyl (C=O) groups is 1. The van der Waals surface area contributed by atoms with Crippen molar-refractivity contribution in [3.05, 3.63) is 16.6 Å². The number of hydrogen-bond acceptors (Lipinski definition) is 4. The Morgan fingerprint density at radius 1 is 1.79 bits per heavy atom. The van der Waals surface area contributed by atoms with Crippen LogP contribution in [0.5, 0.6) is 0 Å². The highest BCUT2D eigenvalue weighted by atomic mass is 79.9. The van der Waals surface area contributed by atoms with Gasteiger partial charge in [0.25, 0.3) is 0 Å². The van der Waals surface area contributed by atoms with Crippen LogP contribution in [-0.2, 0) is 22.2 Å². The first-order chi connectivity index (χ1) is 9.01. The number of halogens is 1. The van der Waals surface area contributed by atoms with E-state index in [0.29, 0.717) is 6.04 Å². The highest BCUT2D eigenvalue weighted by Crippen LogP contribution is 2.49. The molecule has 2 aliphatic rings. The Balaban J connectivity index is 1.97. The van der Waals surface area contributed by atoms with Gasteiger partial charge in [-0.2, -0.15) is 0 Å². The van der Waals surface area contributed by atoms with E-state index >= 15 is 0 Å². The largest absolute Gasteiger partial charge is 0.480 e. The Morgan fingerprint density at radius 2 is 2.58 bits per heavy atom. The Kier molecular flexibility index (Phi) is 3.15. The molecule has 1 saturated carbocycles. The average Bonchev–Trinajstić information content (AvgIpc) is 3.01. The van der Waals surface area contributed by atoms with Gasteiger partial charge in [0.05, 0.1) is 0 Å². The summed E-state index contributed by atoms with van der Waals surface area (Å²) in [5.41, 5.74) is -0.574. The fraction of sp³-hybridized carbons (Fsp3) is 0.667. The van der Waals surface area contributed by atoms with Gasteiger partial charge in [0.2, 0.25) is 0 Å². The van der Waals surface area contributed by atoms with Crippen molar-refractivity contribution in [2.45, 2.75) is 24.5 Å². The van der Waals surface area contributed by atoms with Crippen molar-refractivity contribution in [1.82, 2.24) is 14.9 Å². The van der Waals surface area contributed by atoms with Crippen molar-refractivity contribution in [3.8, 4) is 0 Å². The highest BCUT2D eigenvalue weighted by Gasteiger charge is 2.55. The van der Waals surface area contributed by atoms with Crippen LogP contribution in [0.1, 0.15) is 18.7 Å². The second kappa shape index (κ2) is 4.57. The minimum Gasteiger partial charge on any atom is -0.480 e. The van der Waals surface area contributed by atoms with Gasteiger partial charge in [-0.25, -0.2) is 9.78 Å². The molecule has 1 aromatic rings. The molecule has 7 heteroatoms. The number of carboxylic acid groups (broad SMARTS) is 1. The molecule has 0 radical (unpaired) electrons. The molecule has 0 aromatic carbocycles. The van der Waals surface area contributed by atoms with Gasteiger partial charge in [0, 0.05) is 31.7 Å². The van der Waals surface area contributed by atoms with E-state index < -0.39 is 11.6 Å². The number of nitrogens with one attached hydrogen (secondary N) is 1. The fourth-order valence-corrected chi connectivity index (χ4v) is 3.87. The Bertz CT molecular complexity index is 518. The van der Waals surface area contributed by atoms with Gasteiger partial charge in [-0.15, -0.1) is 0 Å². The number of imidazole rings is 1. The third-order valence-electron chi connectivity index (χ3n) is 4.11. The van der Waals surface area contributed by atoms with Crippen LogP contribution in [0.4, 0.5) is 0 Å². The minimum absolute atomic E-state index is 0.282. The molecule has 1 aliphatic heterocycles. The lowest BCUT2D eigenvalue weighted by Gasteiger charge is -2.36. The van der Waals surface area contributed by atoms with Crippen molar-refractivity contribution in [2.24, 2.45) is 13.0 Å². The van der Waals surface area contributed by atoms with Crippen LogP contribution in [0.2, 0.25) is 0 Å². The van der Waals surface area contributed by atoms with E-state index in [2.05, 4.69) is 26.2 Å². The summed E-state index contributed by atoms with van der Waals surface area (Å²) in [7, 11) is 1.92. The first kappa shape index (κ1) is 13.1. The predicted octanol–water partition coefficient (Wildman–Crippen LogP) is 0.861. The molecule has 3 unspecified atom stereocenters. The predicted molar refractivity (Wildman–Crippen MR) is 70.7 cm³/mol. The highest BCUT2D eigenvalue weighted by molar-refractivity contribution is 9.10. The van der Waals surface area contributed by atoms with E-state index in [0.717, 1.165) is 29.8 Å². The van der Waals surface area contributed by atoms with Crippen LogP contribution in [0, 0.1) is 5.92 Å². The first-order valence-corrected chi connectivity index (χ1v) is 7.09. The second-order valence-electron chi connectivity index (χ2n) is 5.31. The van der Waals surface area contributed by atoms with Crippen molar-refractivity contribution in [2.75, 3.05) is 13.2 Å². The summed E-state index contributed by atoms with van der Waals surface area (Å²) in [6.45, 7) is 0.572. The van der Waals surface area contributed by atoms with Crippen LogP contribution < -0.4 is 5.32 Å². The number of hydrogen-bond donors (Lipinski definition) is 2. The number of rotatable bonds is 4. The zero-order valence-corrected chi connectivity index (χ0v) is 12.2. The molecule has 19 heavy (non-hydrogen) atoms. The van der Waals surface area contributed by atoms with E-state index in [1.54, 1.807) is 0 Å². The van der Waals surface area contributed by atoms with Gasteiger partial charge in [0.1, 0.15) is 22.6 Å². The molecule has 2 N–H and O–H groups in total. The SMILES string of the molecule is Cn1cc(Br)nc1C1(OCC(=O)O)CC2CC1CN2. The van der Waals surface area contributed by atoms with Crippen LogP contribution in [0.3, 0.4) is 0 Å². The summed E-state index contributed by atoms with van der Waals surface area (Å²) in [6.07, 6.45) is 3.67. The van der Waals surface area contributed by atoms with Crippen molar-refractivity contribution >= 4 is 21.9 Å². The number of aromatic nitrogens is 2. The lowest BCUT2D eigenvalue weighted by atomic mass is 9.88. The summed E-state index contributed by atoms with van der Waals surface area (Å²) in [5.74, 6) is 0.155. The van der Waals surface area contributed by atoms with E-state index in [-0.39, 0.29) is 12.5 Å². The summed E-state index contributed by atoms with van der Waals surface area (Å²) in [6, 6.07) is 0.397. The molecule has 2 fully saturated rings. The first-order valence-electron chi connectivity index (χ1n) is 6.30. The number of nitrogens with zero attached hydrogens (tertiary/aromatic N) is 2. The molecule has 1 aliphatic carbocycles. The zero-order valence-electron chi connectivity index (χ0n) is 10.6. The number of fused-ring (bicyclic) bond motifs is 2. The molecule has 0 amide bonds. The normalized spacial score (nSPS) is 32.9. The van der Waals surface area contributed by atoms with Crippen LogP contribution in [-0.4, -0.2) is 39.8 Å². The van der Waals surface area contributed by atoms with Gasteiger partial charge >= 0.3 is 5.97 Å². The van der Waals surface area contributed by atoms with Crippen molar-refractivity contribution in [3.63, 3.8) is 0 Å². The maximum atomic E-state index is 10.8. The molecular formula is C12H16BrN3O3. The number of ether oxygens (including phenoxy) is 1. The van der Waals surface area contributed by atoms with E-state index in [4.69, 9.17) is 9.84 Å². The minimum atomic E-state index is -0.941. The van der Waals surface area contributed by atoms with E-state index in [9.17, 15) is 4.79 Å². The van der Waals surface area contributed by atoms with Crippen LogP contribution in [0.25, 0.3) is 0 Å². The Morgan fingerprint density at radius 3 is 3.05 bits per heavy atom. The van der Waals surface area contributed by atoms with E-state index in [1.165, 1.54) is 0 Å². The molecule has 2 bridgehead atoms. The average molecular weight is 330 g/mol. The maximum Gasteiger partial charge on any atom is 0.329 e. The third-order valence-corrected chi connectivity index (χ3v) is 4.49. The number of aliphatic carboxylic acids is 1. The van der Waals surface area contributed by atoms with Crippen LogP contribution >= 0.6 is 15.9 Å². The van der Waals surface area contributed by atoms with Crippen molar-refractivity contribution in [1.29, 1.82) is 0 Å². The van der Waals surface area contributed by atoms with E-state index in [1.807, 2.05) is 17.8 Å². The lowest BCUT2D eigenvalue weighted by molar-refractivity contribution is -0.156. The number of aryl methyl sites for hydroxylation is 1. The topological polar surface area (TPSA) is 76.4 Å². The Hall–Kier alpha value is -0.920. The smallest absolute Gasteiger partial charge is 0.329 e. The molecule has 0 spiro atoms. The Labute approximate surface area is 119 Å². The van der Waals surface area contributed by atoms with Gasteiger partial charge in [-0.1, -0.05) is 0 Å². The lowest BCUT2D eigenvalue weighted by Crippen LogP contribution is -2.46. The standard InChI is InChI=1S/C12H16BrN3O3/c1-16-5-9(13)15-11(16)12(19-6-10(17)18)3-8-2-7(12)4-14-8/h5,7-8,14H,2-4,6H2,1H3,(H,17,18). The molecule has 1 saturated heterocycles. The monoisotopic (exact) mass is 329 g/mol. The zero-order chi connectivity index (χ0) is 13.6. The molecule has 1 aromatic heterocycles.